The van der Waals surface area contributed by atoms with Crippen molar-refractivity contribution >= 4 is 23.2 Å². The SMILES string of the molecule is CCOc1cc2c(cc1OCC)[C@@H](c1cccc(Cl)c1)N(c1ccc(OC)cc1)C(=O)C2. The lowest BCUT2D eigenvalue weighted by atomic mass is 9.87. The third-order valence-corrected chi connectivity index (χ3v) is 5.72. The van der Waals surface area contributed by atoms with E-state index in [9.17, 15) is 4.79 Å². The summed E-state index contributed by atoms with van der Waals surface area (Å²) in [7, 11) is 1.62. The Labute approximate surface area is 193 Å². The molecule has 3 aromatic carbocycles. The second-order valence-electron chi connectivity index (χ2n) is 7.46. The summed E-state index contributed by atoms with van der Waals surface area (Å²) in [6.45, 7) is 4.90. The fourth-order valence-electron chi connectivity index (χ4n) is 4.13. The molecule has 5 nitrogen and oxygen atoms in total. The lowest BCUT2D eigenvalue weighted by molar-refractivity contribution is -0.118. The van der Waals surface area contributed by atoms with Crippen LogP contribution in [0, 0.1) is 0 Å². The van der Waals surface area contributed by atoms with E-state index in [0.29, 0.717) is 29.7 Å². The molecule has 1 amide bonds. The summed E-state index contributed by atoms with van der Waals surface area (Å²) in [5.41, 5.74) is 3.64. The predicted molar refractivity (Wildman–Crippen MR) is 126 cm³/mol. The summed E-state index contributed by atoms with van der Waals surface area (Å²) in [4.78, 5) is 15.3. The highest BCUT2D eigenvalue weighted by Crippen LogP contribution is 2.44. The number of hydrogen-bond donors (Lipinski definition) is 0. The molecule has 4 rings (SSSR count). The van der Waals surface area contributed by atoms with Gasteiger partial charge in [-0.15, -0.1) is 0 Å². The number of methoxy groups -OCH3 is 1. The zero-order valence-corrected chi connectivity index (χ0v) is 19.2. The number of nitrogens with zero attached hydrogens (tertiary/aromatic N) is 1. The van der Waals surface area contributed by atoms with Crippen molar-refractivity contribution in [3.8, 4) is 17.2 Å². The minimum absolute atomic E-state index is 0.000694. The van der Waals surface area contributed by atoms with Gasteiger partial charge < -0.3 is 19.1 Å². The van der Waals surface area contributed by atoms with Gasteiger partial charge >= 0.3 is 0 Å². The molecule has 0 saturated heterocycles. The van der Waals surface area contributed by atoms with Crippen molar-refractivity contribution in [2.75, 3.05) is 25.2 Å². The highest BCUT2D eigenvalue weighted by atomic mass is 35.5. The summed E-state index contributed by atoms with van der Waals surface area (Å²) in [5, 5.41) is 0.618. The van der Waals surface area contributed by atoms with E-state index in [1.165, 1.54) is 0 Å². The molecule has 0 saturated carbocycles. The topological polar surface area (TPSA) is 48.0 Å². The molecule has 0 N–H and O–H groups in total. The Morgan fingerprint density at radius 1 is 0.969 bits per heavy atom. The van der Waals surface area contributed by atoms with Crippen molar-refractivity contribution in [2.45, 2.75) is 26.3 Å². The molecule has 1 heterocycles. The third-order valence-electron chi connectivity index (χ3n) is 5.48. The first-order valence-electron chi connectivity index (χ1n) is 10.7. The van der Waals surface area contributed by atoms with Crippen LogP contribution in [0.5, 0.6) is 17.2 Å². The molecule has 6 heteroatoms. The van der Waals surface area contributed by atoms with Gasteiger partial charge in [-0.05, 0) is 79.1 Å². The minimum Gasteiger partial charge on any atom is -0.497 e. The Bertz CT molecular complexity index is 1110. The van der Waals surface area contributed by atoms with Gasteiger partial charge in [-0.1, -0.05) is 23.7 Å². The van der Waals surface area contributed by atoms with E-state index in [2.05, 4.69) is 0 Å². The zero-order valence-electron chi connectivity index (χ0n) is 18.4. The summed E-state index contributed by atoms with van der Waals surface area (Å²) in [5.74, 6) is 2.06. The standard InChI is InChI=1S/C26H26ClNO4/c1-4-31-23-14-18-15-25(29)28(20-9-11-21(30-3)12-10-20)26(17-7-6-8-19(27)13-17)22(18)16-24(23)32-5-2/h6-14,16,26H,4-5,15H2,1-3H3/t26-/m1/s1. The summed E-state index contributed by atoms with van der Waals surface area (Å²) in [6.07, 6.45) is 0.269. The maximum atomic E-state index is 13.5. The third kappa shape index (κ3) is 4.26. The number of carbonyl (C=O) groups is 1. The van der Waals surface area contributed by atoms with E-state index in [1.54, 1.807) is 7.11 Å². The normalized spacial score (nSPS) is 15.3. The van der Waals surface area contributed by atoms with Crippen LogP contribution >= 0.6 is 11.6 Å². The van der Waals surface area contributed by atoms with E-state index in [0.717, 1.165) is 28.1 Å². The van der Waals surface area contributed by atoms with Crippen molar-refractivity contribution in [1.82, 2.24) is 0 Å². The number of hydrogen-bond acceptors (Lipinski definition) is 4. The van der Waals surface area contributed by atoms with Crippen LogP contribution in [0.2, 0.25) is 5.02 Å². The Morgan fingerprint density at radius 3 is 2.28 bits per heavy atom. The fourth-order valence-corrected chi connectivity index (χ4v) is 4.33. The average Bonchev–Trinajstić information content (AvgIpc) is 2.79. The molecular weight excluding hydrogens is 426 g/mol. The summed E-state index contributed by atoms with van der Waals surface area (Å²) >= 11 is 6.34. The molecule has 3 aromatic rings. The summed E-state index contributed by atoms with van der Waals surface area (Å²) < 4.78 is 17.0. The second-order valence-corrected chi connectivity index (χ2v) is 7.90. The molecule has 1 aliphatic rings. The van der Waals surface area contributed by atoms with Gasteiger partial charge in [0.25, 0.3) is 0 Å². The van der Waals surface area contributed by atoms with Gasteiger partial charge in [-0.2, -0.15) is 0 Å². The molecular formula is C26H26ClNO4. The monoisotopic (exact) mass is 451 g/mol. The van der Waals surface area contributed by atoms with Crippen LogP contribution in [0.15, 0.2) is 60.7 Å². The van der Waals surface area contributed by atoms with E-state index in [1.807, 2.05) is 79.4 Å². The van der Waals surface area contributed by atoms with E-state index in [4.69, 9.17) is 25.8 Å². The fraction of sp³-hybridized carbons (Fsp3) is 0.269. The molecule has 0 fully saturated rings. The van der Waals surface area contributed by atoms with Crippen molar-refractivity contribution in [3.63, 3.8) is 0 Å². The summed E-state index contributed by atoms with van der Waals surface area (Å²) in [6, 6.07) is 18.7. The molecule has 0 bridgehead atoms. The van der Waals surface area contributed by atoms with Gasteiger partial charge in [0.1, 0.15) is 5.75 Å². The maximum Gasteiger partial charge on any atom is 0.232 e. The Morgan fingerprint density at radius 2 is 1.66 bits per heavy atom. The smallest absolute Gasteiger partial charge is 0.232 e. The predicted octanol–water partition coefficient (Wildman–Crippen LogP) is 5.82. The lowest BCUT2D eigenvalue weighted by Gasteiger charge is -2.38. The van der Waals surface area contributed by atoms with Crippen molar-refractivity contribution in [3.05, 3.63) is 82.4 Å². The minimum atomic E-state index is -0.353. The lowest BCUT2D eigenvalue weighted by Crippen LogP contribution is -2.41. The number of anilines is 1. The first kappa shape index (κ1) is 22.0. The van der Waals surface area contributed by atoms with Crippen molar-refractivity contribution in [1.29, 1.82) is 0 Å². The van der Waals surface area contributed by atoms with Gasteiger partial charge in [0.15, 0.2) is 11.5 Å². The molecule has 0 aromatic heterocycles. The van der Waals surface area contributed by atoms with Gasteiger partial charge in [0, 0.05) is 10.7 Å². The molecule has 0 aliphatic carbocycles. The van der Waals surface area contributed by atoms with E-state index >= 15 is 0 Å². The molecule has 1 atom stereocenters. The van der Waals surface area contributed by atoms with Crippen LogP contribution in [0.4, 0.5) is 5.69 Å². The zero-order chi connectivity index (χ0) is 22.7. The highest BCUT2D eigenvalue weighted by molar-refractivity contribution is 6.30. The number of halogens is 1. The van der Waals surface area contributed by atoms with Crippen LogP contribution in [-0.4, -0.2) is 26.2 Å². The Kier molecular flexibility index (Phi) is 6.56. The Hall–Kier alpha value is -3.18. The quantitative estimate of drug-likeness (QED) is 0.453. The van der Waals surface area contributed by atoms with Crippen molar-refractivity contribution in [2.24, 2.45) is 0 Å². The highest BCUT2D eigenvalue weighted by Gasteiger charge is 2.36. The Balaban J connectivity index is 1.91. The van der Waals surface area contributed by atoms with Crippen LogP contribution in [-0.2, 0) is 11.2 Å². The molecule has 166 valence electrons. The first-order chi connectivity index (χ1) is 15.5. The van der Waals surface area contributed by atoms with E-state index in [-0.39, 0.29) is 18.4 Å². The number of ether oxygens (including phenoxy) is 3. The molecule has 0 unspecified atom stereocenters. The van der Waals surface area contributed by atoms with Gasteiger partial charge in [-0.25, -0.2) is 0 Å². The van der Waals surface area contributed by atoms with Gasteiger partial charge in [-0.3, -0.25) is 4.79 Å². The van der Waals surface area contributed by atoms with Gasteiger partial charge in [0.05, 0.1) is 32.8 Å². The number of rotatable bonds is 7. The molecule has 0 radical (unpaired) electrons. The number of carbonyl (C=O) groups excluding carboxylic acids is 1. The number of fused-ring (bicyclic) bond motifs is 1. The van der Waals surface area contributed by atoms with Crippen LogP contribution in [0.3, 0.4) is 0 Å². The molecule has 1 aliphatic heterocycles. The van der Waals surface area contributed by atoms with Crippen LogP contribution in [0.1, 0.15) is 36.6 Å². The van der Waals surface area contributed by atoms with Crippen LogP contribution < -0.4 is 19.1 Å². The average molecular weight is 452 g/mol. The first-order valence-corrected chi connectivity index (χ1v) is 11.1. The maximum absolute atomic E-state index is 13.5. The second kappa shape index (κ2) is 9.53. The largest absolute Gasteiger partial charge is 0.497 e. The molecule has 32 heavy (non-hydrogen) atoms. The van der Waals surface area contributed by atoms with Gasteiger partial charge in [0.2, 0.25) is 5.91 Å². The van der Waals surface area contributed by atoms with E-state index < -0.39 is 0 Å². The molecule has 0 spiro atoms. The van der Waals surface area contributed by atoms with Crippen molar-refractivity contribution < 1.29 is 19.0 Å². The number of benzene rings is 3. The number of amides is 1. The van der Waals surface area contributed by atoms with Crippen LogP contribution in [0.25, 0.3) is 0 Å².